The zero-order valence-electron chi connectivity index (χ0n) is 12.0. The molecule has 106 valence electrons. The first-order valence-corrected chi connectivity index (χ1v) is 6.41. The number of carbonyl (C=O) groups is 2. The van der Waals surface area contributed by atoms with Gasteiger partial charge in [0.15, 0.2) is 0 Å². The monoisotopic (exact) mass is 266 g/mol. The second-order valence-corrected chi connectivity index (χ2v) is 4.50. The van der Waals surface area contributed by atoms with E-state index in [1.165, 1.54) is 0 Å². The summed E-state index contributed by atoms with van der Waals surface area (Å²) >= 11 is 0. The van der Waals surface area contributed by atoms with Crippen molar-refractivity contribution in [1.29, 1.82) is 0 Å². The van der Waals surface area contributed by atoms with Crippen LogP contribution in [0.1, 0.15) is 35.5 Å². The Balaban J connectivity index is 2.85. The van der Waals surface area contributed by atoms with Crippen LogP contribution in [0.4, 0.5) is 5.82 Å². The Morgan fingerprint density at radius 2 is 1.84 bits per heavy atom. The third-order valence-electron chi connectivity index (χ3n) is 3.27. The number of carbonyl (C=O) groups excluding carboxylic acids is 2. The molecule has 4 N–H and O–H groups in total. The Bertz CT molecular complexity index is 475. The number of primary amides is 1. The van der Waals surface area contributed by atoms with Gasteiger partial charge in [-0.2, -0.15) is 0 Å². The minimum Gasteiger partial charge on any atom is -0.365 e. The fourth-order valence-electron chi connectivity index (χ4n) is 1.95. The second-order valence-electron chi connectivity index (χ2n) is 4.50. The molecule has 1 heterocycles. The number of rotatable bonds is 6. The molecule has 0 aliphatic heterocycles. The number of H-pyrrole nitrogens is 1. The SMILES string of the molecule is CCN(CC)CC(=O)Nc1[nH]c(C)c(C)c1C(N)=O. The van der Waals surface area contributed by atoms with E-state index < -0.39 is 5.91 Å². The highest BCUT2D eigenvalue weighted by molar-refractivity contribution is 6.04. The number of hydrogen-bond acceptors (Lipinski definition) is 3. The lowest BCUT2D eigenvalue weighted by Gasteiger charge is -2.17. The van der Waals surface area contributed by atoms with Crippen molar-refractivity contribution in [3.63, 3.8) is 0 Å². The molecule has 6 heteroatoms. The molecular formula is C13H22N4O2. The van der Waals surface area contributed by atoms with Crippen molar-refractivity contribution < 1.29 is 9.59 Å². The van der Waals surface area contributed by atoms with Crippen molar-refractivity contribution >= 4 is 17.6 Å². The molecule has 0 aromatic carbocycles. The number of nitrogens with two attached hydrogens (primary N) is 1. The number of nitrogens with zero attached hydrogens (tertiary/aromatic N) is 1. The topological polar surface area (TPSA) is 91.2 Å². The van der Waals surface area contributed by atoms with Crippen LogP contribution in [0.2, 0.25) is 0 Å². The quantitative estimate of drug-likeness (QED) is 0.717. The highest BCUT2D eigenvalue weighted by Crippen LogP contribution is 2.21. The Morgan fingerprint density at radius 1 is 1.26 bits per heavy atom. The number of hydrogen-bond donors (Lipinski definition) is 3. The molecule has 0 saturated carbocycles. The molecule has 0 bridgehead atoms. The van der Waals surface area contributed by atoms with Crippen LogP contribution in [0.25, 0.3) is 0 Å². The molecule has 1 rings (SSSR count). The fraction of sp³-hybridized carbons (Fsp3) is 0.538. The van der Waals surface area contributed by atoms with Crippen LogP contribution in [0.5, 0.6) is 0 Å². The lowest BCUT2D eigenvalue weighted by atomic mass is 10.1. The van der Waals surface area contributed by atoms with E-state index in [-0.39, 0.29) is 5.91 Å². The van der Waals surface area contributed by atoms with Crippen LogP contribution < -0.4 is 11.1 Å². The minimum atomic E-state index is -0.542. The van der Waals surface area contributed by atoms with Gasteiger partial charge in [-0.1, -0.05) is 13.8 Å². The molecular weight excluding hydrogens is 244 g/mol. The lowest BCUT2D eigenvalue weighted by molar-refractivity contribution is -0.117. The summed E-state index contributed by atoms with van der Waals surface area (Å²) in [6, 6.07) is 0. The van der Waals surface area contributed by atoms with Crippen molar-refractivity contribution in [2.24, 2.45) is 5.73 Å². The van der Waals surface area contributed by atoms with Crippen molar-refractivity contribution in [3.8, 4) is 0 Å². The summed E-state index contributed by atoms with van der Waals surface area (Å²) in [6.07, 6.45) is 0. The van der Waals surface area contributed by atoms with Crippen molar-refractivity contribution in [1.82, 2.24) is 9.88 Å². The molecule has 0 spiro atoms. The first-order valence-electron chi connectivity index (χ1n) is 6.41. The van der Waals surface area contributed by atoms with Gasteiger partial charge < -0.3 is 16.0 Å². The minimum absolute atomic E-state index is 0.160. The summed E-state index contributed by atoms with van der Waals surface area (Å²) in [5, 5.41) is 2.72. The average Bonchev–Trinajstić information content (AvgIpc) is 2.61. The molecule has 0 radical (unpaired) electrons. The summed E-state index contributed by atoms with van der Waals surface area (Å²) in [5.74, 6) is -0.313. The van der Waals surface area contributed by atoms with E-state index in [1.54, 1.807) is 6.92 Å². The molecule has 0 saturated heterocycles. The molecule has 0 unspecified atom stereocenters. The standard InChI is InChI=1S/C13H22N4O2/c1-5-17(6-2)7-10(18)16-13-11(12(14)19)8(3)9(4)15-13/h15H,5-7H2,1-4H3,(H2,14,19)(H,16,18). The smallest absolute Gasteiger partial charge is 0.252 e. The predicted molar refractivity (Wildman–Crippen MR) is 75.2 cm³/mol. The average molecular weight is 266 g/mol. The Labute approximate surface area is 113 Å². The number of aryl methyl sites for hydroxylation is 1. The maximum Gasteiger partial charge on any atom is 0.252 e. The first kappa shape index (κ1) is 15.2. The number of aromatic nitrogens is 1. The van der Waals surface area contributed by atoms with Gasteiger partial charge in [0.05, 0.1) is 12.1 Å². The molecule has 6 nitrogen and oxygen atoms in total. The molecule has 0 atom stereocenters. The van der Waals surface area contributed by atoms with E-state index in [2.05, 4.69) is 10.3 Å². The van der Waals surface area contributed by atoms with Crippen LogP contribution in [-0.2, 0) is 4.79 Å². The number of amides is 2. The van der Waals surface area contributed by atoms with E-state index in [1.807, 2.05) is 25.7 Å². The molecule has 0 aliphatic rings. The van der Waals surface area contributed by atoms with Crippen LogP contribution in [0.3, 0.4) is 0 Å². The summed E-state index contributed by atoms with van der Waals surface area (Å²) in [6.45, 7) is 9.52. The molecule has 0 aliphatic carbocycles. The number of nitrogens with one attached hydrogen (secondary N) is 2. The van der Waals surface area contributed by atoms with Crippen LogP contribution in [0.15, 0.2) is 0 Å². The van der Waals surface area contributed by atoms with Crippen molar-refractivity contribution in [3.05, 3.63) is 16.8 Å². The van der Waals surface area contributed by atoms with Gasteiger partial charge in [-0.15, -0.1) is 0 Å². The Hall–Kier alpha value is -1.82. The molecule has 1 aromatic heterocycles. The van der Waals surface area contributed by atoms with Crippen LogP contribution in [0, 0.1) is 13.8 Å². The van der Waals surface area contributed by atoms with E-state index >= 15 is 0 Å². The zero-order valence-corrected chi connectivity index (χ0v) is 12.0. The molecule has 2 amide bonds. The maximum absolute atomic E-state index is 11.9. The Kier molecular flexibility index (Phi) is 5.11. The highest BCUT2D eigenvalue weighted by atomic mass is 16.2. The fourth-order valence-corrected chi connectivity index (χ4v) is 1.95. The molecule has 19 heavy (non-hydrogen) atoms. The van der Waals surface area contributed by atoms with Gasteiger partial charge in [0.2, 0.25) is 5.91 Å². The van der Waals surface area contributed by atoms with Crippen LogP contribution >= 0.6 is 0 Å². The van der Waals surface area contributed by atoms with E-state index in [0.29, 0.717) is 17.9 Å². The zero-order chi connectivity index (χ0) is 14.6. The van der Waals surface area contributed by atoms with Crippen molar-refractivity contribution in [2.45, 2.75) is 27.7 Å². The molecule has 0 fully saturated rings. The summed E-state index contributed by atoms with van der Waals surface area (Å²) in [5.41, 5.74) is 7.28. The van der Waals surface area contributed by atoms with Crippen LogP contribution in [-0.4, -0.2) is 41.3 Å². The number of likely N-dealkylation sites (N-methyl/N-ethyl adjacent to an activating group) is 1. The second kappa shape index (κ2) is 6.38. The number of anilines is 1. The molecule has 1 aromatic rings. The third kappa shape index (κ3) is 3.57. The first-order chi connectivity index (χ1) is 8.90. The maximum atomic E-state index is 11.9. The van der Waals surface area contributed by atoms with Gasteiger partial charge in [-0.3, -0.25) is 14.5 Å². The van der Waals surface area contributed by atoms with Gasteiger partial charge in [0, 0.05) is 5.69 Å². The summed E-state index contributed by atoms with van der Waals surface area (Å²) in [7, 11) is 0. The van der Waals surface area contributed by atoms with Gasteiger partial charge in [-0.25, -0.2) is 0 Å². The van der Waals surface area contributed by atoms with Gasteiger partial charge in [0.25, 0.3) is 5.91 Å². The van der Waals surface area contributed by atoms with Gasteiger partial charge in [0.1, 0.15) is 5.82 Å². The highest BCUT2D eigenvalue weighted by Gasteiger charge is 2.18. The van der Waals surface area contributed by atoms with Gasteiger partial charge in [-0.05, 0) is 32.5 Å². The lowest BCUT2D eigenvalue weighted by Crippen LogP contribution is -2.33. The van der Waals surface area contributed by atoms with Crippen molar-refractivity contribution in [2.75, 3.05) is 25.0 Å². The summed E-state index contributed by atoms with van der Waals surface area (Å²) in [4.78, 5) is 28.3. The predicted octanol–water partition coefficient (Wildman–Crippen LogP) is 1.01. The normalized spacial score (nSPS) is 10.8. The Morgan fingerprint density at radius 3 is 2.32 bits per heavy atom. The van der Waals surface area contributed by atoms with E-state index in [4.69, 9.17) is 5.73 Å². The van der Waals surface area contributed by atoms with E-state index in [0.717, 1.165) is 24.3 Å². The largest absolute Gasteiger partial charge is 0.365 e. The number of aromatic amines is 1. The van der Waals surface area contributed by atoms with E-state index in [9.17, 15) is 9.59 Å². The summed E-state index contributed by atoms with van der Waals surface area (Å²) < 4.78 is 0. The van der Waals surface area contributed by atoms with Gasteiger partial charge >= 0.3 is 0 Å². The third-order valence-corrected chi connectivity index (χ3v) is 3.27.